The van der Waals surface area contributed by atoms with Gasteiger partial charge in [-0.15, -0.1) is 15.3 Å². The maximum Gasteiger partial charge on any atom is 0.278 e. The number of hydrogen-bond acceptors (Lipinski definition) is 7. The molecule has 3 aromatic rings. The fourth-order valence-electron chi connectivity index (χ4n) is 1.77. The molecule has 0 bridgehead atoms. The smallest absolute Gasteiger partial charge is 0.278 e. The fourth-order valence-corrected chi connectivity index (χ4v) is 2.38. The van der Waals surface area contributed by atoms with E-state index in [-0.39, 0.29) is 12.1 Å². The second-order valence-corrected chi connectivity index (χ2v) is 5.43. The number of carbonyl (C=O) groups is 1. The van der Waals surface area contributed by atoms with E-state index < -0.39 is 5.91 Å². The van der Waals surface area contributed by atoms with Gasteiger partial charge in [-0.05, 0) is 19.1 Å². The van der Waals surface area contributed by atoms with Crippen LogP contribution in [0.1, 0.15) is 5.01 Å². The number of nitrogens with zero attached hydrogens (tertiary/aromatic N) is 5. The summed E-state index contributed by atoms with van der Waals surface area (Å²) in [5.41, 5.74) is 0.142. The van der Waals surface area contributed by atoms with Crippen molar-refractivity contribution in [3.63, 3.8) is 0 Å². The normalized spacial score (nSPS) is 10.7. The van der Waals surface area contributed by atoms with Gasteiger partial charge in [-0.2, -0.15) is 0 Å². The average Bonchev–Trinajstić information content (AvgIpc) is 2.87. The zero-order valence-corrected chi connectivity index (χ0v) is 11.8. The van der Waals surface area contributed by atoms with Crippen LogP contribution in [0.3, 0.4) is 0 Å². The van der Waals surface area contributed by atoms with Crippen molar-refractivity contribution in [2.75, 3.05) is 5.32 Å². The van der Waals surface area contributed by atoms with Gasteiger partial charge in [-0.1, -0.05) is 28.7 Å². The van der Waals surface area contributed by atoms with Crippen LogP contribution in [0.4, 0.5) is 5.13 Å². The Hall–Kier alpha value is -2.68. The van der Waals surface area contributed by atoms with E-state index in [9.17, 15) is 9.59 Å². The molecule has 0 aliphatic rings. The Labute approximate surface area is 122 Å². The predicted molar refractivity (Wildman–Crippen MR) is 77.1 cm³/mol. The lowest BCUT2D eigenvalue weighted by Gasteiger charge is -2.04. The summed E-state index contributed by atoms with van der Waals surface area (Å²) >= 11 is 1.26. The molecule has 0 saturated carbocycles. The molecule has 106 valence electrons. The van der Waals surface area contributed by atoms with Crippen molar-refractivity contribution in [2.45, 2.75) is 13.5 Å². The number of fused-ring (bicyclic) bond motifs is 1. The summed E-state index contributed by atoms with van der Waals surface area (Å²) in [4.78, 5) is 24.1. The van der Waals surface area contributed by atoms with Gasteiger partial charge >= 0.3 is 0 Å². The molecule has 8 nitrogen and oxygen atoms in total. The summed E-state index contributed by atoms with van der Waals surface area (Å²) in [7, 11) is 0. The lowest BCUT2D eigenvalue weighted by Crippen LogP contribution is -2.30. The van der Waals surface area contributed by atoms with Gasteiger partial charge in [0.25, 0.3) is 5.56 Å². The number of hydrogen-bond donors (Lipinski definition) is 1. The molecular weight excluding hydrogens is 292 g/mol. The van der Waals surface area contributed by atoms with Gasteiger partial charge < -0.3 is 0 Å². The molecule has 0 spiro atoms. The van der Waals surface area contributed by atoms with Gasteiger partial charge in [0.1, 0.15) is 17.1 Å². The molecule has 1 N–H and O–H groups in total. The van der Waals surface area contributed by atoms with Crippen molar-refractivity contribution in [1.82, 2.24) is 25.2 Å². The molecule has 9 heteroatoms. The van der Waals surface area contributed by atoms with Gasteiger partial charge in [-0.25, -0.2) is 4.68 Å². The summed E-state index contributed by atoms with van der Waals surface area (Å²) in [6.07, 6.45) is 0. The quantitative estimate of drug-likeness (QED) is 0.759. The van der Waals surface area contributed by atoms with Crippen LogP contribution >= 0.6 is 11.3 Å². The highest BCUT2D eigenvalue weighted by molar-refractivity contribution is 7.15. The first-order chi connectivity index (χ1) is 10.1. The highest BCUT2D eigenvalue weighted by Gasteiger charge is 2.11. The van der Waals surface area contributed by atoms with Crippen molar-refractivity contribution in [3.05, 3.63) is 39.6 Å². The molecule has 0 saturated heterocycles. The molecule has 3 rings (SSSR count). The van der Waals surface area contributed by atoms with Crippen LogP contribution in [0, 0.1) is 6.92 Å². The van der Waals surface area contributed by atoms with E-state index >= 15 is 0 Å². The highest BCUT2D eigenvalue weighted by atomic mass is 32.1. The fraction of sp³-hybridized carbons (Fsp3) is 0.167. The van der Waals surface area contributed by atoms with Crippen LogP contribution < -0.4 is 10.9 Å². The third kappa shape index (κ3) is 2.77. The zero-order valence-electron chi connectivity index (χ0n) is 11.0. The number of amides is 1. The minimum atomic E-state index is -0.405. The Morgan fingerprint density at radius 1 is 1.29 bits per heavy atom. The molecule has 0 radical (unpaired) electrons. The summed E-state index contributed by atoms with van der Waals surface area (Å²) in [5.74, 6) is -0.405. The summed E-state index contributed by atoms with van der Waals surface area (Å²) < 4.78 is 1.02. The minimum absolute atomic E-state index is 0.227. The van der Waals surface area contributed by atoms with Crippen molar-refractivity contribution in [3.8, 4) is 0 Å². The van der Waals surface area contributed by atoms with Crippen LogP contribution in [0.2, 0.25) is 0 Å². The molecule has 2 aromatic heterocycles. The monoisotopic (exact) mass is 302 g/mol. The van der Waals surface area contributed by atoms with E-state index in [0.29, 0.717) is 16.0 Å². The van der Waals surface area contributed by atoms with E-state index in [1.165, 1.54) is 11.3 Å². The Morgan fingerprint density at radius 3 is 2.86 bits per heavy atom. The molecule has 0 aliphatic heterocycles. The lowest BCUT2D eigenvalue weighted by atomic mass is 10.2. The lowest BCUT2D eigenvalue weighted by molar-refractivity contribution is -0.117. The van der Waals surface area contributed by atoms with E-state index in [1.807, 2.05) is 0 Å². The first-order valence-electron chi connectivity index (χ1n) is 6.06. The van der Waals surface area contributed by atoms with Crippen molar-refractivity contribution >= 4 is 33.3 Å². The minimum Gasteiger partial charge on any atom is -0.299 e. The molecule has 21 heavy (non-hydrogen) atoms. The predicted octanol–water partition coefficient (Wildman–Crippen LogP) is 0.590. The van der Waals surface area contributed by atoms with E-state index in [0.717, 1.165) is 9.69 Å². The van der Waals surface area contributed by atoms with Gasteiger partial charge in [0.15, 0.2) is 0 Å². The molecule has 0 atom stereocenters. The zero-order chi connectivity index (χ0) is 14.8. The number of aromatic nitrogens is 5. The van der Waals surface area contributed by atoms with Gasteiger partial charge in [0.05, 0.1) is 5.39 Å². The molecule has 0 fully saturated rings. The summed E-state index contributed by atoms with van der Waals surface area (Å²) in [6.45, 7) is 1.56. The topological polar surface area (TPSA) is 103 Å². The van der Waals surface area contributed by atoms with E-state index in [1.54, 1.807) is 31.2 Å². The maximum absolute atomic E-state index is 12.2. The van der Waals surface area contributed by atoms with E-state index in [2.05, 4.69) is 25.8 Å². The van der Waals surface area contributed by atoms with Gasteiger partial charge in [-0.3, -0.25) is 14.9 Å². The molecule has 0 unspecified atom stereocenters. The standard InChI is InChI=1S/C12H10N6O2S/c1-7-14-16-12(21-7)13-10(19)6-18-11(20)8-4-2-3-5-9(8)15-17-18/h2-5H,6H2,1H3,(H,13,16,19). The maximum atomic E-state index is 12.2. The van der Waals surface area contributed by atoms with Crippen molar-refractivity contribution in [1.29, 1.82) is 0 Å². The number of benzene rings is 1. The number of carbonyl (C=O) groups excluding carboxylic acids is 1. The van der Waals surface area contributed by atoms with Gasteiger partial charge in [0.2, 0.25) is 11.0 Å². The van der Waals surface area contributed by atoms with Crippen molar-refractivity contribution in [2.24, 2.45) is 0 Å². The van der Waals surface area contributed by atoms with Crippen LogP contribution in [-0.4, -0.2) is 31.1 Å². The SMILES string of the molecule is Cc1nnc(NC(=O)Cn2nnc3ccccc3c2=O)s1. The second-order valence-electron chi connectivity index (χ2n) is 4.24. The third-order valence-electron chi connectivity index (χ3n) is 2.70. The van der Waals surface area contributed by atoms with Crippen LogP contribution in [0.15, 0.2) is 29.1 Å². The second kappa shape index (κ2) is 5.37. The summed E-state index contributed by atoms with van der Waals surface area (Å²) in [6, 6.07) is 6.85. The summed E-state index contributed by atoms with van der Waals surface area (Å²) in [5, 5.41) is 19.4. The number of rotatable bonds is 3. The first kappa shape index (κ1) is 13.3. The Balaban J connectivity index is 1.83. The Kier molecular flexibility index (Phi) is 3.40. The van der Waals surface area contributed by atoms with Crippen LogP contribution in [0.25, 0.3) is 10.9 Å². The molecule has 1 aromatic carbocycles. The van der Waals surface area contributed by atoms with E-state index in [4.69, 9.17) is 0 Å². The molecule has 1 amide bonds. The highest BCUT2D eigenvalue weighted by Crippen LogP contribution is 2.13. The molecular formula is C12H10N6O2S. The average molecular weight is 302 g/mol. The van der Waals surface area contributed by atoms with Crippen LogP contribution in [0.5, 0.6) is 0 Å². The van der Waals surface area contributed by atoms with Crippen LogP contribution in [-0.2, 0) is 11.3 Å². The number of anilines is 1. The number of nitrogens with one attached hydrogen (secondary N) is 1. The molecule has 0 aliphatic carbocycles. The largest absolute Gasteiger partial charge is 0.299 e. The Morgan fingerprint density at radius 2 is 2.10 bits per heavy atom. The van der Waals surface area contributed by atoms with Gasteiger partial charge in [0, 0.05) is 0 Å². The first-order valence-corrected chi connectivity index (χ1v) is 6.87. The Bertz CT molecular complexity index is 871. The number of aryl methyl sites for hydroxylation is 1. The third-order valence-corrected chi connectivity index (χ3v) is 3.45. The molecule has 2 heterocycles. The van der Waals surface area contributed by atoms with Crippen molar-refractivity contribution < 1.29 is 4.79 Å².